The number of carbonyl (C=O) groups is 1. The number of halogens is 2. The lowest BCUT2D eigenvalue weighted by molar-refractivity contribution is -0.131. The molecule has 5 rings (SSSR count). The normalized spacial score (nSPS) is 18.6. The van der Waals surface area contributed by atoms with Crippen LogP contribution in [0, 0.1) is 0 Å². The van der Waals surface area contributed by atoms with Crippen molar-refractivity contribution in [1.82, 2.24) is 19.5 Å². The molecule has 1 aliphatic heterocycles. The van der Waals surface area contributed by atoms with Gasteiger partial charge in [0.25, 0.3) is 11.8 Å². The molecule has 3 aromatic heterocycles. The molecule has 1 aromatic carbocycles. The Morgan fingerprint density at radius 3 is 2.83 bits per heavy atom. The number of pyridine rings is 2. The largest absolute Gasteiger partial charge is 0.466 e. The number of fused-ring (bicyclic) bond motifs is 2. The second-order valence-corrected chi connectivity index (χ2v) is 7.30. The van der Waals surface area contributed by atoms with Gasteiger partial charge in [-0.1, -0.05) is 24.3 Å². The number of nitrogens with zero attached hydrogens (tertiary/aromatic N) is 4. The molecule has 4 heterocycles. The summed E-state index contributed by atoms with van der Waals surface area (Å²) in [6, 6.07) is 16.1. The fourth-order valence-corrected chi connectivity index (χ4v) is 3.71. The molecule has 6 nitrogen and oxygen atoms in total. The number of para-hydroxylation sites is 1. The number of hydrogen-bond donors (Lipinski definition) is 0. The molecule has 1 fully saturated rings. The zero-order chi connectivity index (χ0) is 20.7. The third-order valence-electron chi connectivity index (χ3n) is 5.35. The number of aromatic nitrogens is 3. The summed E-state index contributed by atoms with van der Waals surface area (Å²) >= 11 is 0. The van der Waals surface area contributed by atoms with Gasteiger partial charge < -0.3 is 9.64 Å². The van der Waals surface area contributed by atoms with Gasteiger partial charge in [-0.05, 0) is 24.3 Å². The molecule has 152 valence electrons. The minimum absolute atomic E-state index is 0.0545. The minimum atomic E-state index is -3.06. The first-order valence-electron chi connectivity index (χ1n) is 9.63. The Balaban J connectivity index is 1.39. The average molecular weight is 408 g/mol. The van der Waals surface area contributed by atoms with Crippen LogP contribution in [0.1, 0.15) is 16.8 Å². The smallest absolute Gasteiger partial charge is 0.287 e. The number of likely N-dealkylation sites (tertiary alicyclic amines) is 1. The molecule has 0 N–H and O–H groups in total. The van der Waals surface area contributed by atoms with E-state index >= 15 is 0 Å². The van der Waals surface area contributed by atoms with Crippen molar-refractivity contribution in [1.29, 1.82) is 0 Å². The molecule has 0 saturated carbocycles. The highest BCUT2D eigenvalue weighted by atomic mass is 19.3. The highest BCUT2D eigenvalue weighted by Gasteiger charge is 2.47. The van der Waals surface area contributed by atoms with E-state index in [1.807, 2.05) is 18.2 Å². The van der Waals surface area contributed by atoms with Gasteiger partial charge in [-0.15, -0.1) is 0 Å². The Morgan fingerprint density at radius 2 is 1.93 bits per heavy atom. The predicted molar refractivity (Wildman–Crippen MR) is 107 cm³/mol. The van der Waals surface area contributed by atoms with Crippen LogP contribution in [0.3, 0.4) is 0 Å². The van der Waals surface area contributed by atoms with E-state index in [4.69, 9.17) is 4.74 Å². The third kappa shape index (κ3) is 3.24. The number of benzene rings is 1. The first-order chi connectivity index (χ1) is 14.5. The lowest BCUT2D eigenvalue weighted by Gasteiger charge is -2.37. The van der Waals surface area contributed by atoms with Crippen LogP contribution in [0.15, 0.2) is 67.0 Å². The standard InChI is InChI=1S/C22H18F2N4O2/c23-22(24)10-12-27(21(29)16-13-25-28-11-4-3-7-18(16)28)14-19(22)30-20-9-8-15-5-1-2-6-17(15)26-20/h1-9,11,13,19H,10,12,14H2. The number of ether oxygens (including phenoxy) is 1. The van der Waals surface area contributed by atoms with Crippen LogP contribution in [0.2, 0.25) is 0 Å². The van der Waals surface area contributed by atoms with Crippen LogP contribution in [-0.4, -0.2) is 50.5 Å². The molecule has 8 heteroatoms. The van der Waals surface area contributed by atoms with Gasteiger partial charge in [0.05, 0.1) is 29.3 Å². The van der Waals surface area contributed by atoms with Crippen LogP contribution < -0.4 is 4.74 Å². The number of carbonyl (C=O) groups excluding carboxylic acids is 1. The van der Waals surface area contributed by atoms with Crippen LogP contribution in [0.5, 0.6) is 5.88 Å². The van der Waals surface area contributed by atoms with Crippen molar-refractivity contribution >= 4 is 22.3 Å². The summed E-state index contributed by atoms with van der Waals surface area (Å²) in [6.07, 6.45) is 1.24. The van der Waals surface area contributed by atoms with E-state index in [1.165, 1.54) is 11.1 Å². The fourth-order valence-electron chi connectivity index (χ4n) is 3.71. The Hall–Kier alpha value is -3.55. The Morgan fingerprint density at radius 1 is 1.10 bits per heavy atom. The summed E-state index contributed by atoms with van der Waals surface area (Å²) in [5.41, 5.74) is 1.67. The van der Waals surface area contributed by atoms with Crippen molar-refractivity contribution in [2.75, 3.05) is 13.1 Å². The molecule has 1 aliphatic rings. The van der Waals surface area contributed by atoms with Crippen LogP contribution in [-0.2, 0) is 0 Å². The van der Waals surface area contributed by atoms with Crippen molar-refractivity contribution in [3.63, 3.8) is 0 Å². The van der Waals surface area contributed by atoms with Crippen molar-refractivity contribution in [3.05, 3.63) is 72.6 Å². The molecule has 30 heavy (non-hydrogen) atoms. The maximum Gasteiger partial charge on any atom is 0.287 e. The van der Waals surface area contributed by atoms with E-state index in [0.717, 1.165) is 5.39 Å². The minimum Gasteiger partial charge on any atom is -0.466 e. The summed E-state index contributed by atoms with van der Waals surface area (Å²) in [6.45, 7) is -0.286. The summed E-state index contributed by atoms with van der Waals surface area (Å²) in [4.78, 5) is 18.7. The van der Waals surface area contributed by atoms with E-state index in [1.54, 1.807) is 47.1 Å². The summed E-state index contributed by atoms with van der Waals surface area (Å²) < 4.78 is 36.4. The molecule has 1 saturated heterocycles. The summed E-state index contributed by atoms with van der Waals surface area (Å²) in [5.74, 6) is -3.29. The molecule has 1 unspecified atom stereocenters. The first kappa shape index (κ1) is 18.5. The van der Waals surface area contributed by atoms with Crippen LogP contribution >= 0.6 is 0 Å². The van der Waals surface area contributed by atoms with Crippen molar-refractivity contribution in [2.45, 2.75) is 18.4 Å². The average Bonchev–Trinajstić information content (AvgIpc) is 3.19. The quantitative estimate of drug-likeness (QED) is 0.517. The molecule has 4 aromatic rings. The predicted octanol–water partition coefficient (Wildman–Crippen LogP) is 3.81. The zero-order valence-electron chi connectivity index (χ0n) is 15.9. The Labute approximate surface area is 170 Å². The van der Waals surface area contributed by atoms with Gasteiger partial charge in [0.15, 0.2) is 6.10 Å². The lowest BCUT2D eigenvalue weighted by atomic mass is 10.0. The Kier molecular flexibility index (Phi) is 4.34. The molecular formula is C22H18F2N4O2. The van der Waals surface area contributed by atoms with Gasteiger partial charge in [0, 0.05) is 30.6 Å². The van der Waals surface area contributed by atoms with E-state index in [2.05, 4.69) is 10.1 Å². The molecule has 1 amide bonds. The van der Waals surface area contributed by atoms with Gasteiger partial charge in [-0.25, -0.2) is 18.3 Å². The second kappa shape index (κ2) is 7.05. The number of amides is 1. The van der Waals surface area contributed by atoms with Gasteiger partial charge in [-0.2, -0.15) is 5.10 Å². The zero-order valence-corrected chi connectivity index (χ0v) is 15.9. The van der Waals surface area contributed by atoms with Gasteiger partial charge in [0.1, 0.15) is 0 Å². The highest BCUT2D eigenvalue weighted by molar-refractivity contribution is 6.00. The molecular weight excluding hydrogens is 390 g/mol. The highest BCUT2D eigenvalue weighted by Crippen LogP contribution is 2.32. The van der Waals surface area contributed by atoms with Gasteiger partial charge >= 0.3 is 0 Å². The number of rotatable bonds is 3. The first-order valence-corrected chi connectivity index (χ1v) is 9.63. The molecule has 0 bridgehead atoms. The van der Waals surface area contributed by atoms with Crippen LogP contribution in [0.4, 0.5) is 8.78 Å². The summed E-state index contributed by atoms with van der Waals surface area (Å²) in [7, 11) is 0. The monoisotopic (exact) mass is 408 g/mol. The lowest BCUT2D eigenvalue weighted by Crippen LogP contribution is -2.55. The molecule has 0 spiro atoms. The molecule has 1 atom stereocenters. The summed E-state index contributed by atoms with van der Waals surface area (Å²) in [5, 5.41) is 5.05. The van der Waals surface area contributed by atoms with Gasteiger partial charge in [0.2, 0.25) is 5.88 Å². The van der Waals surface area contributed by atoms with Gasteiger partial charge in [-0.3, -0.25) is 4.79 Å². The number of alkyl halides is 2. The molecule has 0 aliphatic carbocycles. The fraction of sp³-hybridized carbons (Fsp3) is 0.227. The van der Waals surface area contributed by atoms with E-state index < -0.39 is 18.4 Å². The molecule has 0 radical (unpaired) electrons. The topological polar surface area (TPSA) is 59.7 Å². The second-order valence-electron chi connectivity index (χ2n) is 7.30. The number of piperidine rings is 1. The van der Waals surface area contributed by atoms with Crippen molar-refractivity contribution in [3.8, 4) is 5.88 Å². The SMILES string of the molecule is O=C(c1cnn2ccccc12)N1CCC(F)(F)C(Oc2ccc3ccccc3n2)C1. The van der Waals surface area contributed by atoms with E-state index in [-0.39, 0.29) is 24.9 Å². The van der Waals surface area contributed by atoms with E-state index in [0.29, 0.717) is 16.6 Å². The number of hydrogen-bond acceptors (Lipinski definition) is 4. The Bertz CT molecular complexity index is 1240. The maximum atomic E-state index is 14.6. The third-order valence-corrected chi connectivity index (χ3v) is 5.35. The van der Waals surface area contributed by atoms with Crippen LogP contribution in [0.25, 0.3) is 16.4 Å². The van der Waals surface area contributed by atoms with E-state index in [9.17, 15) is 13.6 Å². The van der Waals surface area contributed by atoms with Crippen molar-refractivity contribution < 1.29 is 18.3 Å². The maximum absolute atomic E-state index is 14.6. The van der Waals surface area contributed by atoms with Crippen molar-refractivity contribution in [2.24, 2.45) is 0 Å².